The SMILES string of the molecule is COc1ccc(CC(=O)NCC(c2ccccc2)N2CCCC2)c(OC)c1. The van der Waals surface area contributed by atoms with Crippen molar-refractivity contribution in [3.63, 3.8) is 0 Å². The Labute approximate surface area is 161 Å². The van der Waals surface area contributed by atoms with E-state index >= 15 is 0 Å². The molecule has 1 amide bonds. The van der Waals surface area contributed by atoms with Gasteiger partial charge < -0.3 is 14.8 Å². The molecule has 1 heterocycles. The molecule has 0 radical (unpaired) electrons. The summed E-state index contributed by atoms with van der Waals surface area (Å²) in [5.74, 6) is 1.39. The van der Waals surface area contributed by atoms with Crippen LogP contribution in [-0.4, -0.2) is 44.7 Å². The van der Waals surface area contributed by atoms with Gasteiger partial charge in [-0.1, -0.05) is 36.4 Å². The summed E-state index contributed by atoms with van der Waals surface area (Å²) >= 11 is 0. The van der Waals surface area contributed by atoms with Gasteiger partial charge in [0.2, 0.25) is 5.91 Å². The summed E-state index contributed by atoms with van der Waals surface area (Å²) in [5, 5.41) is 3.12. The van der Waals surface area contributed by atoms with Gasteiger partial charge in [-0.05, 0) is 37.6 Å². The van der Waals surface area contributed by atoms with E-state index in [1.165, 1.54) is 18.4 Å². The topological polar surface area (TPSA) is 50.8 Å². The second kappa shape index (κ2) is 9.42. The second-order valence-corrected chi connectivity index (χ2v) is 6.83. The average Bonchev–Trinajstić information content (AvgIpc) is 3.24. The predicted octanol–water partition coefficient (Wildman–Crippen LogP) is 3.20. The van der Waals surface area contributed by atoms with Crippen LogP contribution in [0.5, 0.6) is 11.5 Å². The van der Waals surface area contributed by atoms with Crippen molar-refractivity contribution in [3.8, 4) is 11.5 Å². The number of amides is 1. The third-order valence-corrected chi connectivity index (χ3v) is 5.10. The van der Waals surface area contributed by atoms with Gasteiger partial charge >= 0.3 is 0 Å². The van der Waals surface area contributed by atoms with Gasteiger partial charge in [-0.3, -0.25) is 9.69 Å². The van der Waals surface area contributed by atoms with Crippen molar-refractivity contribution in [1.29, 1.82) is 0 Å². The number of hydrogen-bond donors (Lipinski definition) is 1. The fourth-order valence-corrected chi connectivity index (χ4v) is 3.63. The van der Waals surface area contributed by atoms with Gasteiger partial charge in [0, 0.05) is 18.2 Å². The predicted molar refractivity (Wildman–Crippen MR) is 106 cm³/mol. The van der Waals surface area contributed by atoms with Gasteiger partial charge in [0.1, 0.15) is 11.5 Å². The first kappa shape index (κ1) is 19.2. The molecule has 1 N–H and O–H groups in total. The zero-order valence-electron chi connectivity index (χ0n) is 16.1. The molecule has 2 aromatic carbocycles. The molecule has 1 fully saturated rings. The molecule has 0 spiro atoms. The van der Waals surface area contributed by atoms with E-state index in [9.17, 15) is 4.79 Å². The van der Waals surface area contributed by atoms with Crippen molar-refractivity contribution < 1.29 is 14.3 Å². The fraction of sp³-hybridized carbons (Fsp3) is 0.409. The molecule has 1 saturated heterocycles. The molecule has 0 bridgehead atoms. The van der Waals surface area contributed by atoms with Crippen LogP contribution in [0.25, 0.3) is 0 Å². The number of nitrogens with zero attached hydrogens (tertiary/aromatic N) is 1. The van der Waals surface area contributed by atoms with Crippen molar-refractivity contribution in [2.45, 2.75) is 25.3 Å². The van der Waals surface area contributed by atoms with E-state index in [1.807, 2.05) is 18.2 Å². The number of rotatable bonds is 8. The van der Waals surface area contributed by atoms with Crippen molar-refractivity contribution in [2.75, 3.05) is 33.9 Å². The quantitative estimate of drug-likeness (QED) is 0.777. The number of ether oxygens (including phenoxy) is 2. The molecule has 5 nitrogen and oxygen atoms in total. The molecule has 1 unspecified atom stereocenters. The monoisotopic (exact) mass is 368 g/mol. The molecule has 5 heteroatoms. The lowest BCUT2D eigenvalue weighted by molar-refractivity contribution is -0.120. The first-order valence-corrected chi connectivity index (χ1v) is 9.48. The van der Waals surface area contributed by atoms with E-state index in [0.29, 0.717) is 18.0 Å². The molecule has 2 aromatic rings. The lowest BCUT2D eigenvalue weighted by Crippen LogP contribution is -2.37. The van der Waals surface area contributed by atoms with E-state index in [2.05, 4.69) is 34.5 Å². The third kappa shape index (κ3) is 5.01. The van der Waals surface area contributed by atoms with Crippen LogP contribution in [0.1, 0.15) is 30.0 Å². The standard InChI is InChI=1S/C22H28N2O3/c1-26-19-11-10-18(21(15-19)27-2)14-22(25)23-16-20(24-12-6-7-13-24)17-8-4-3-5-9-17/h3-5,8-11,15,20H,6-7,12-14,16H2,1-2H3,(H,23,25). The Morgan fingerprint density at radius 2 is 1.81 bits per heavy atom. The summed E-state index contributed by atoms with van der Waals surface area (Å²) in [7, 11) is 3.22. The number of carbonyl (C=O) groups excluding carboxylic acids is 1. The van der Waals surface area contributed by atoms with Crippen LogP contribution in [0.3, 0.4) is 0 Å². The first-order chi connectivity index (χ1) is 13.2. The minimum atomic E-state index is -0.00130. The molecule has 0 saturated carbocycles. The number of methoxy groups -OCH3 is 2. The van der Waals surface area contributed by atoms with Gasteiger partial charge in [0.25, 0.3) is 0 Å². The lowest BCUT2D eigenvalue weighted by atomic mass is 10.1. The maximum Gasteiger partial charge on any atom is 0.224 e. The van der Waals surface area contributed by atoms with Gasteiger partial charge in [-0.15, -0.1) is 0 Å². The van der Waals surface area contributed by atoms with Crippen LogP contribution >= 0.6 is 0 Å². The second-order valence-electron chi connectivity index (χ2n) is 6.83. The van der Waals surface area contributed by atoms with Crippen LogP contribution < -0.4 is 14.8 Å². The van der Waals surface area contributed by atoms with Crippen LogP contribution in [0.15, 0.2) is 48.5 Å². The Kier molecular flexibility index (Phi) is 6.71. The Balaban J connectivity index is 1.64. The van der Waals surface area contributed by atoms with Gasteiger partial charge in [0.05, 0.1) is 26.7 Å². The number of benzene rings is 2. The van der Waals surface area contributed by atoms with Gasteiger partial charge in [0.15, 0.2) is 0 Å². The minimum absolute atomic E-state index is 0.00130. The number of likely N-dealkylation sites (tertiary alicyclic amines) is 1. The molecule has 0 aromatic heterocycles. The number of hydrogen-bond acceptors (Lipinski definition) is 4. The number of carbonyl (C=O) groups is 1. The molecular weight excluding hydrogens is 340 g/mol. The van der Waals surface area contributed by atoms with Gasteiger partial charge in [-0.2, -0.15) is 0 Å². The average molecular weight is 368 g/mol. The first-order valence-electron chi connectivity index (χ1n) is 9.48. The minimum Gasteiger partial charge on any atom is -0.497 e. The van der Waals surface area contributed by atoms with E-state index < -0.39 is 0 Å². The van der Waals surface area contributed by atoms with Crippen molar-refractivity contribution in [1.82, 2.24) is 10.2 Å². The summed E-state index contributed by atoms with van der Waals surface area (Å²) in [4.78, 5) is 15.0. The normalized spacial score (nSPS) is 15.3. The maximum atomic E-state index is 12.6. The Bertz CT molecular complexity index is 742. The van der Waals surface area contributed by atoms with Crippen LogP contribution in [-0.2, 0) is 11.2 Å². The zero-order valence-corrected chi connectivity index (χ0v) is 16.1. The summed E-state index contributed by atoms with van der Waals surface area (Å²) in [6.45, 7) is 2.78. The number of nitrogens with one attached hydrogen (secondary N) is 1. The maximum absolute atomic E-state index is 12.6. The smallest absolute Gasteiger partial charge is 0.224 e. The molecule has 1 aliphatic rings. The van der Waals surface area contributed by atoms with E-state index in [1.54, 1.807) is 20.3 Å². The van der Waals surface area contributed by atoms with E-state index in [-0.39, 0.29) is 18.4 Å². The van der Waals surface area contributed by atoms with Crippen LogP contribution in [0, 0.1) is 0 Å². The molecule has 144 valence electrons. The molecule has 27 heavy (non-hydrogen) atoms. The molecule has 1 atom stereocenters. The highest BCUT2D eigenvalue weighted by molar-refractivity contribution is 5.79. The summed E-state index contributed by atoms with van der Waals surface area (Å²) in [6.07, 6.45) is 2.73. The highest BCUT2D eigenvalue weighted by Gasteiger charge is 2.24. The molecule has 1 aliphatic heterocycles. The Morgan fingerprint density at radius 1 is 1.07 bits per heavy atom. The van der Waals surface area contributed by atoms with Crippen molar-refractivity contribution >= 4 is 5.91 Å². The Morgan fingerprint density at radius 3 is 2.48 bits per heavy atom. The van der Waals surface area contributed by atoms with Crippen LogP contribution in [0.4, 0.5) is 0 Å². The molecule has 3 rings (SSSR count). The summed E-state index contributed by atoms with van der Waals surface area (Å²) < 4.78 is 10.6. The largest absolute Gasteiger partial charge is 0.497 e. The van der Waals surface area contributed by atoms with E-state index in [0.717, 1.165) is 18.7 Å². The van der Waals surface area contributed by atoms with E-state index in [4.69, 9.17) is 9.47 Å². The zero-order chi connectivity index (χ0) is 19.1. The van der Waals surface area contributed by atoms with Gasteiger partial charge in [-0.25, -0.2) is 0 Å². The molecule has 0 aliphatic carbocycles. The van der Waals surface area contributed by atoms with Crippen molar-refractivity contribution in [3.05, 3.63) is 59.7 Å². The molecular formula is C22H28N2O3. The third-order valence-electron chi connectivity index (χ3n) is 5.10. The van der Waals surface area contributed by atoms with Crippen molar-refractivity contribution in [2.24, 2.45) is 0 Å². The Hall–Kier alpha value is -2.53. The lowest BCUT2D eigenvalue weighted by Gasteiger charge is -2.28. The highest BCUT2D eigenvalue weighted by Crippen LogP contribution is 2.26. The summed E-state index contributed by atoms with van der Waals surface area (Å²) in [6, 6.07) is 16.2. The highest BCUT2D eigenvalue weighted by atomic mass is 16.5. The van der Waals surface area contributed by atoms with Crippen LogP contribution in [0.2, 0.25) is 0 Å². The summed E-state index contributed by atoms with van der Waals surface area (Å²) in [5.41, 5.74) is 2.11. The fourth-order valence-electron chi connectivity index (χ4n) is 3.63.